The van der Waals surface area contributed by atoms with Gasteiger partial charge in [-0.3, -0.25) is 0 Å². The molecule has 0 N–H and O–H groups in total. The van der Waals surface area contributed by atoms with Crippen LogP contribution in [0.1, 0.15) is 11.3 Å². The van der Waals surface area contributed by atoms with E-state index in [0.717, 1.165) is 27.6 Å². The van der Waals surface area contributed by atoms with Gasteiger partial charge >= 0.3 is 0 Å². The highest BCUT2D eigenvalue weighted by atomic mass is 32.1. The molecule has 0 aliphatic rings. The summed E-state index contributed by atoms with van der Waals surface area (Å²) in [4.78, 5) is 4.44. The van der Waals surface area contributed by atoms with Gasteiger partial charge in [0.05, 0.1) is 30.9 Å². The highest BCUT2D eigenvalue weighted by Gasteiger charge is 2.10. The Hall–Kier alpha value is -1.86. The van der Waals surface area contributed by atoms with Crippen LogP contribution in [0.25, 0.3) is 10.6 Å². The normalized spacial score (nSPS) is 9.94. The Kier molecular flexibility index (Phi) is 3.40. The van der Waals surface area contributed by atoms with E-state index in [4.69, 9.17) is 10.00 Å². The SMILES string of the molecule is COc1ccc(C)cc1-c1nc(CC#N)cs1. The maximum absolute atomic E-state index is 8.63. The first-order valence-electron chi connectivity index (χ1n) is 5.21. The number of thiazole rings is 1. The summed E-state index contributed by atoms with van der Waals surface area (Å²) in [7, 11) is 1.65. The van der Waals surface area contributed by atoms with E-state index in [0.29, 0.717) is 6.42 Å². The first kappa shape index (κ1) is 11.6. The molecular formula is C13H12N2OS. The summed E-state index contributed by atoms with van der Waals surface area (Å²) in [5.41, 5.74) is 2.97. The van der Waals surface area contributed by atoms with Crippen LogP contribution < -0.4 is 4.74 Å². The number of methoxy groups -OCH3 is 1. The van der Waals surface area contributed by atoms with Crippen LogP contribution in [0.2, 0.25) is 0 Å². The molecule has 0 aliphatic heterocycles. The van der Waals surface area contributed by atoms with Crippen LogP contribution in [0, 0.1) is 18.3 Å². The van der Waals surface area contributed by atoms with Gasteiger partial charge in [0.25, 0.3) is 0 Å². The van der Waals surface area contributed by atoms with Crippen molar-refractivity contribution in [1.82, 2.24) is 4.98 Å². The zero-order valence-electron chi connectivity index (χ0n) is 9.73. The minimum absolute atomic E-state index is 0.352. The molecule has 0 bridgehead atoms. The second kappa shape index (κ2) is 4.98. The van der Waals surface area contributed by atoms with Gasteiger partial charge in [0.2, 0.25) is 0 Å². The molecule has 0 saturated heterocycles. The lowest BCUT2D eigenvalue weighted by Gasteiger charge is -2.06. The van der Waals surface area contributed by atoms with Gasteiger partial charge in [-0.15, -0.1) is 11.3 Å². The monoisotopic (exact) mass is 244 g/mol. The zero-order valence-corrected chi connectivity index (χ0v) is 10.5. The molecule has 1 aromatic carbocycles. The molecule has 0 saturated carbocycles. The zero-order chi connectivity index (χ0) is 12.3. The van der Waals surface area contributed by atoms with Gasteiger partial charge in [0.1, 0.15) is 10.8 Å². The summed E-state index contributed by atoms with van der Waals surface area (Å²) in [6.07, 6.45) is 0.352. The molecule has 0 radical (unpaired) electrons. The van der Waals surface area contributed by atoms with E-state index in [9.17, 15) is 0 Å². The lowest BCUT2D eigenvalue weighted by atomic mass is 10.1. The Labute approximate surface area is 104 Å². The first-order chi connectivity index (χ1) is 8.24. The standard InChI is InChI=1S/C13H12N2OS/c1-9-3-4-12(16-2)11(7-9)13-15-10(5-6-14)8-17-13/h3-4,7-8H,5H2,1-2H3. The van der Waals surface area contributed by atoms with Gasteiger partial charge in [-0.1, -0.05) is 11.6 Å². The minimum Gasteiger partial charge on any atom is -0.496 e. The van der Waals surface area contributed by atoms with Gasteiger partial charge in [-0.05, 0) is 19.1 Å². The fourth-order valence-electron chi connectivity index (χ4n) is 1.58. The quantitative estimate of drug-likeness (QED) is 0.833. The van der Waals surface area contributed by atoms with Crippen molar-refractivity contribution in [3.63, 3.8) is 0 Å². The molecule has 1 aromatic heterocycles. The van der Waals surface area contributed by atoms with Crippen LogP contribution in [-0.4, -0.2) is 12.1 Å². The Morgan fingerprint density at radius 3 is 3.00 bits per heavy atom. The molecule has 0 atom stereocenters. The Bertz CT molecular complexity index is 569. The molecule has 0 aliphatic carbocycles. The van der Waals surface area contributed by atoms with Crippen LogP contribution in [0.5, 0.6) is 5.75 Å². The number of ether oxygens (including phenoxy) is 1. The number of hydrogen-bond donors (Lipinski definition) is 0. The Morgan fingerprint density at radius 2 is 2.29 bits per heavy atom. The summed E-state index contributed by atoms with van der Waals surface area (Å²) >= 11 is 1.54. The van der Waals surface area contributed by atoms with Gasteiger partial charge < -0.3 is 4.74 Å². The summed E-state index contributed by atoms with van der Waals surface area (Å²) in [5, 5.41) is 11.5. The summed E-state index contributed by atoms with van der Waals surface area (Å²) in [6, 6.07) is 8.10. The summed E-state index contributed by atoms with van der Waals surface area (Å²) in [6.45, 7) is 2.03. The molecule has 2 rings (SSSR count). The van der Waals surface area contributed by atoms with Gasteiger partial charge in [-0.25, -0.2) is 4.98 Å². The molecule has 1 heterocycles. The van der Waals surface area contributed by atoms with Crippen molar-refractivity contribution < 1.29 is 4.74 Å². The number of rotatable bonds is 3. The number of benzene rings is 1. The topological polar surface area (TPSA) is 45.9 Å². The predicted molar refractivity (Wildman–Crippen MR) is 68.2 cm³/mol. The molecule has 0 amide bonds. The molecule has 4 heteroatoms. The van der Waals surface area contributed by atoms with Crippen molar-refractivity contribution in [2.45, 2.75) is 13.3 Å². The van der Waals surface area contributed by atoms with Gasteiger partial charge in [0.15, 0.2) is 0 Å². The maximum atomic E-state index is 8.63. The predicted octanol–water partition coefficient (Wildman–Crippen LogP) is 3.19. The van der Waals surface area contributed by atoms with Gasteiger partial charge in [0, 0.05) is 5.38 Å². The summed E-state index contributed by atoms with van der Waals surface area (Å²) < 4.78 is 5.33. The number of nitrogens with zero attached hydrogens (tertiary/aromatic N) is 2. The average Bonchev–Trinajstić information content (AvgIpc) is 2.78. The molecule has 2 aromatic rings. The molecule has 0 spiro atoms. The second-order valence-electron chi connectivity index (χ2n) is 3.68. The van der Waals surface area contributed by atoms with E-state index in [1.165, 1.54) is 11.3 Å². The fourth-order valence-corrected chi connectivity index (χ4v) is 2.42. The first-order valence-corrected chi connectivity index (χ1v) is 6.09. The fraction of sp³-hybridized carbons (Fsp3) is 0.231. The lowest BCUT2D eigenvalue weighted by molar-refractivity contribution is 0.416. The van der Waals surface area contributed by atoms with Gasteiger partial charge in [-0.2, -0.15) is 5.26 Å². The van der Waals surface area contributed by atoms with Crippen molar-refractivity contribution >= 4 is 11.3 Å². The molecule has 0 fully saturated rings. The number of aromatic nitrogens is 1. The smallest absolute Gasteiger partial charge is 0.129 e. The minimum atomic E-state index is 0.352. The van der Waals surface area contributed by atoms with Crippen molar-refractivity contribution in [2.24, 2.45) is 0 Å². The van der Waals surface area contributed by atoms with E-state index < -0.39 is 0 Å². The van der Waals surface area contributed by atoms with E-state index in [1.54, 1.807) is 7.11 Å². The van der Waals surface area contributed by atoms with E-state index in [-0.39, 0.29) is 0 Å². The largest absolute Gasteiger partial charge is 0.496 e. The van der Waals surface area contributed by atoms with Crippen molar-refractivity contribution in [3.05, 3.63) is 34.8 Å². The number of hydrogen-bond acceptors (Lipinski definition) is 4. The van der Waals surface area contributed by atoms with Crippen molar-refractivity contribution in [2.75, 3.05) is 7.11 Å². The molecule has 86 valence electrons. The summed E-state index contributed by atoms with van der Waals surface area (Å²) in [5.74, 6) is 0.813. The second-order valence-corrected chi connectivity index (χ2v) is 4.54. The van der Waals surface area contributed by atoms with Crippen molar-refractivity contribution in [1.29, 1.82) is 5.26 Å². The van der Waals surface area contributed by atoms with E-state index in [1.807, 2.05) is 30.5 Å². The molecular weight excluding hydrogens is 232 g/mol. The third-order valence-electron chi connectivity index (χ3n) is 2.40. The molecule has 17 heavy (non-hydrogen) atoms. The van der Waals surface area contributed by atoms with Crippen LogP contribution in [-0.2, 0) is 6.42 Å². The molecule has 3 nitrogen and oxygen atoms in total. The van der Waals surface area contributed by atoms with Crippen LogP contribution in [0.3, 0.4) is 0 Å². The number of nitriles is 1. The van der Waals surface area contributed by atoms with E-state index in [2.05, 4.69) is 11.1 Å². The highest BCUT2D eigenvalue weighted by molar-refractivity contribution is 7.13. The number of aryl methyl sites for hydroxylation is 1. The van der Waals surface area contributed by atoms with Crippen LogP contribution in [0.15, 0.2) is 23.6 Å². The van der Waals surface area contributed by atoms with Crippen LogP contribution >= 0.6 is 11.3 Å². The Morgan fingerprint density at radius 1 is 1.47 bits per heavy atom. The third kappa shape index (κ3) is 2.45. The Balaban J connectivity index is 2.44. The highest BCUT2D eigenvalue weighted by Crippen LogP contribution is 2.32. The lowest BCUT2D eigenvalue weighted by Crippen LogP contribution is -1.89. The molecule has 0 unspecified atom stereocenters. The maximum Gasteiger partial charge on any atom is 0.129 e. The van der Waals surface area contributed by atoms with Crippen molar-refractivity contribution in [3.8, 4) is 22.4 Å². The van der Waals surface area contributed by atoms with Crippen LogP contribution in [0.4, 0.5) is 0 Å². The van der Waals surface area contributed by atoms with E-state index >= 15 is 0 Å². The average molecular weight is 244 g/mol. The third-order valence-corrected chi connectivity index (χ3v) is 3.32.